The van der Waals surface area contributed by atoms with Crippen LogP contribution in [0.1, 0.15) is 63.0 Å². The number of hydrogen-bond acceptors (Lipinski definition) is 6. The molecule has 1 aliphatic carbocycles. The molecule has 0 spiro atoms. The van der Waals surface area contributed by atoms with Crippen molar-refractivity contribution in [2.75, 3.05) is 13.2 Å². The molecular formula is C34H36N2O4. The molecule has 2 atom stereocenters. The highest BCUT2D eigenvalue weighted by atomic mass is 16.5. The van der Waals surface area contributed by atoms with E-state index in [0.29, 0.717) is 5.56 Å². The predicted molar refractivity (Wildman–Crippen MR) is 156 cm³/mol. The Morgan fingerprint density at radius 1 is 1.05 bits per heavy atom. The maximum Gasteiger partial charge on any atom is 0.338 e. The minimum Gasteiger partial charge on any atom is -0.485 e. The first-order valence-corrected chi connectivity index (χ1v) is 13.9. The zero-order valence-electron chi connectivity index (χ0n) is 24.0. The van der Waals surface area contributed by atoms with E-state index in [1.165, 1.54) is 5.57 Å². The Labute approximate surface area is 235 Å². The van der Waals surface area contributed by atoms with E-state index in [-0.39, 0.29) is 36.3 Å². The summed E-state index contributed by atoms with van der Waals surface area (Å²) in [6.45, 7) is 12.5. The second-order valence-corrected chi connectivity index (χ2v) is 12.2. The van der Waals surface area contributed by atoms with Crippen LogP contribution in [0.15, 0.2) is 82.5 Å². The van der Waals surface area contributed by atoms with Crippen LogP contribution in [-0.4, -0.2) is 41.5 Å². The van der Waals surface area contributed by atoms with Gasteiger partial charge in [0, 0.05) is 28.5 Å². The van der Waals surface area contributed by atoms with Gasteiger partial charge in [-0.05, 0) is 87.6 Å². The Hall–Kier alpha value is -3.90. The van der Waals surface area contributed by atoms with Gasteiger partial charge in [0.2, 0.25) is 0 Å². The molecule has 4 aliphatic rings. The molecule has 2 N–H and O–H groups in total. The first-order chi connectivity index (χ1) is 19.0. The highest BCUT2D eigenvalue weighted by Crippen LogP contribution is 2.41. The van der Waals surface area contributed by atoms with E-state index in [1.807, 2.05) is 24.3 Å². The number of rotatable bonds is 4. The smallest absolute Gasteiger partial charge is 0.338 e. The van der Waals surface area contributed by atoms with Crippen LogP contribution < -0.4 is 20.6 Å². The van der Waals surface area contributed by atoms with Gasteiger partial charge in [-0.2, -0.15) is 0 Å². The number of esters is 1. The van der Waals surface area contributed by atoms with Gasteiger partial charge in [0.05, 0.1) is 28.6 Å². The van der Waals surface area contributed by atoms with Crippen molar-refractivity contribution in [2.24, 2.45) is 10.9 Å². The van der Waals surface area contributed by atoms with Gasteiger partial charge in [-0.25, -0.2) is 4.79 Å². The van der Waals surface area contributed by atoms with Crippen molar-refractivity contribution < 1.29 is 19.4 Å². The molecule has 0 radical (unpaired) electrons. The molecule has 0 bridgehead atoms. The van der Waals surface area contributed by atoms with Crippen molar-refractivity contribution in [1.82, 2.24) is 5.32 Å². The van der Waals surface area contributed by atoms with Crippen LogP contribution in [0.2, 0.25) is 0 Å². The van der Waals surface area contributed by atoms with Crippen LogP contribution in [0.5, 0.6) is 5.75 Å². The largest absolute Gasteiger partial charge is 0.485 e. The van der Waals surface area contributed by atoms with Gasteiger partial charge in [-0.15, -0.1) is 0 Å². The molecule has 0 saturated carbocycles. The average Bonchev–Trinajstić information content (AvgIpc) is 2.87. The first kappa shape index (κ1) is 26.3. The van der Waals surface area contributed by atoms with Crippen molar-refractivity contribution >= 4 is 17.1 Å². The molecule has 6 rings (SSSR count). The average molecular weight is 537 g/mol. The summed E-state index contributed by atoms with van der Waals surface area (Å²) in [7, 11) is 0. The maximum absolute atomic E-state index is 13.2. The molecule has 6 heteroatoms. The number of nitrogens with one attached hydrogen (secondary N) is 1. The van der Waals surface area contributed by atoms with Gasteiger partial charge < -0.3 is 19.9 Å². The fraction of sp³-hybridized carbons (Fsp3) is 0.353. The molecule has 2 aromatic rings. The third-order valence-corrected chi connectivity index (χ3v) is 7.93. The van der Waals surface area contributed by atoms with E-state index in [1.54, 1.807) is 6.07 Å². The third-order valence-electron chi connectivity index (χ3n) is 7.93. The Morgan fingerprint density at radius 2 is 1.82 bits per heavy atom. The Balaban J connectivity index is 1.64. The number of carbonyl (C=O) groups excluding carboxylic acids is 1. The Morgan fingerprint density at radius 3 is 2.60 bits per heavy atom. The minimum absolute atomic E-state index is 0.0510. The van der Waals surface area contributed by atoms with Gasteiger partial charge in [0.1, 0.15) is 18.5 Å². The van der Waals surface area contributed by atoms with Gasteiger partial charge in [0.15, 0.2) is 0 Å². The summed E-state index contributed by atoms with van der Waals surface area (Å²) in [5.41, 5.74) is 7.47. The van der Waals surface area contributed by atoms with Gasteiger partial charge in [-0.1, -0.05) is 36.4 Å². The monoisotopic (exact) mass is 536 g/mol. The lowest BCUT2D eigenvalue weighted by Gasteiger charge is -2.40. The Bertz CT molecular complexity index is 1690. The number of hydrogen-bond donors (Lipinski definition) is 2. The molecule has 3 aliphatic heterocycles. The first-order valence-electron chi connectivity index (χ1n) is 13.9. The predicted octanol–water partition coefficient (Wildman–Crippen LogP) is 4.38. The van der Waals surface area contributed by atoms with E-state index < -0.39 is 5.97 Å². The summed E-state index contributed by atoms with van der Waals surface area (Å²) in [5, 5.41) is 14.8. The summed E-state index contributed by atoms with van der Waals surface area (Å²) in [4.78, 5) is 18.2. The summed E-state index contributed by atoms with van der Waals surface area (Å²) >= 11 is 0. The molecule has 206 valence electrons. The van der Waals surface area contributed by atoms with Crippen LogP contribution in [0.4, 0.5) is 0 Å². The zero-order valence-corrected chi connectivity index (χ0v) is 24.0. The molecule has 0 saturated heterocycles. The van der Waals surface area contributed by atoms with Crippen LogP contribution in [0, 0.1) is 5.92 Å². The minimum atomic E-state index is -0.454. The molecule has 0 amide bonds. The van der Waals surface area contributed by atoms with Gasteiger partial charge >= 0.3 is 5.97 Å². The number of aliphatic hydroxyl groups excluding tert-OH is 1. The zero-order chi connectivity index (χ0) is 28.4. The van der Waals surface area contributed by atoms with E-state index in [4.69, 9.17) is 14.5 Å². The molecular weight excluding hydrogens is 500 g/mol. The fourth-order valence-corrected chi connectivity index (χ4v) is 6.53. The summed E-state index contributed by atoms with van der Waals surface area (Å²) in [5.74, 6) is 0.159. The van der Waals surface area contributed by atoms with E-state index in [9.17, 15) is 9.90 Å². The van der Waals surface area contributed by atoms with Crippen molar-refractivity contribution in [3.63, 3.8) is 0 Å². The highest BCUT2D eigenvalue weighted by Gasteiger charge is 2.38. The lowest BCUT2D eigenvalue weighted by molar-refractivity contribution is 0.0433. The molecule has 3 heterocycles. The normalized spacial score (nSPS) is 23.2. The molecule has 40 heavy (non-hydrogen) atoms. The molecule has 0 aromatic heterocycles. The lowest BCUT2D eigenvalue weighted by atomic mass is 9.76. The molecule has 2 aromatic carbocycles. The number of aliphatic hydroxyl groups is 1. The highest BCUT2D eigenvalue weighted by molar-refractivity contribution is 5.96. The number of carbonyl (C=O) groups is 1. The van der Waals surface area contributed by atoms with Crippen LogP contribution >= 0.6 is 0 Å². The second-order valence-electron chi connectivity index (χ2n) is 12.2. The number of benzene rings is 2. The summed E-state index contributed by atoms with van der Waals surface area (Å²) in [6, 6.07) is 11.8. The topological polar surface area (TPSA) is 80.2 Å². The van der Waals surface area contributed by atoms with Crippen LogP contribution in [0.25, 0.3) is 11.1 Å². The van der Waals surface area contributed by atoms with Gasteiger partial charge in [-0.3, -0.25) is 4.99 Å². The third kappa shape index (κ3) is 4.50. The molecule has 6 nitrogen and oxygen atoms in total. The number of allylic oxidation sites excluding steroid dienone is 2. The summed E-state index contributed by atoms with van der Waals surface area (Å²) < 4.78 is 12.1. The van der Waals surface area contributed by atoms with Gasteiger partial charge in [0.25, 0.3) is 0 Å². The van der Waals surface area contributed by atoms with E-state index in [2.05, 4.69) is 77.2 Å². The quantitative estimate of drug-likeness (QED) is 0.567. The fourth-order valence-electron chi connectivity index (χ4n) is 6.53. The van der Waals surface area contributed by atoms with E-state index in [0.717, 1.165) is 49.9 Å². The van der Waals surface area contributed by atoms with Crippen molar-refractivity contribution in [3.8, 4) is 5.75 Å². The second kappa shape index (κ2) is 9.34. The number of ether oxygens (including phenoxy) is 2. The SMILES string of the molecule is CC1=CC(C)(C)NC2=CC3Oc4cc5c(cc4=C(c4ccccc4C(=O)OCCO)C3C=C12)C(C)=CC(C)(C)N=5. The number of fused-ring (bicyclic) bond motifs is 4. The molecule has 0 fully saturated rings. The van der Waals surface area contributed by atoms with Crippen molar-refractivity contribution in [3.05, 3.63) is 105 Å². The van der Waals surface area contributed by atoms with E-state index >= 15 is 0 Å². The van der Waals surface area contributed by atoms with Crippen LogP contribution in [0.3, 0.4) is 0 Å². The Kier molecular flexibility index (Phi) is 6.15. The lowest BCUT2D eigenvalue weighted by Crippen LogP contribution is -2.45. The van der Waals surface area contributed by atoms with Crippen molar-refractivity contribution in [1.29, 1.82) is 0 Å². The summed E-state index contributed by atoms with van der Waals surface area (Å²) in [6.07, 6.45) is 8.62. The van der Waals surface area contributed by atoms with Crippen LogP contribution in [-0.2, 0) is 4.74 Å². The number of nitrogens with zero attached hydrogens (tertiary/aromatic N) is 1. The standard InChI is InChI=1S/C34H36N2O4/c1-19-17-33(3,4)35-27-15-29-25(13-23(19)27)31(21-9-7-8-10-22(21)32(38)39-12-11-37)26-14-24-20(2)18-34(5,6)36-28(24)16-30(26)40-29/h7-10,13-18,25,29,35,37H,11-12H2,1-6H3. The molecule has 2 unspecified atom stereocenters. The van der Waals surface area contributed by atoms with Crippen molar-refractivity contribution in [2.45, 2.75) is 58.7 Å². The maximum atomic E-state index is 13.2.